The van der Waals surface area contributed by atoms with E-state index in [2.05, 4.69) is 45.1 Å². The lowest BCUT2D eigenvalue weighted by Gasteiger charge is -2.18. The molecule has 0 aliphatic rings. The minimum absolute atomic E-state index is 0.0668. The van der Waals surface area contributed by atoms with E-state index in [0.717, 1.165) is 57.8 Å². The van der Waals surface area contributed by atoms with E-state index in [0.29, 0.717) is 19.3 Å². The first-order valence-corrected chi connectivity index (χ1v) is 35.3. The second kappa shape index (κ2) is 67.4. The van der Waals surface area contributed by atoms with Crippen molar-refractivity contribution in [2.24, 2.45) is 0 Å². The maximum Gasteiger partial charge on any atom is 0.306 e. The second-order valence-electron chi connectivity index (χ2n) is 24.1. The quantitative estimate of drug-likeness (QED) is 0.0261. The van der Waals surface area contributed by atoms with Crippen LogP contribution in [0.25, 0.3) is 0 Å². The van der Waals surface area contributed by atoms with Crippen LogP contribution in [-0.4, -0.2) is 37.2 Å². The first-order chi connectivity index (χ1) is 38.5. The Kier molecular flexibility index (Phi) is 65.6. The highest BCUT2D eigenvalue weighted by molar-refractivity contribution is 5.71. The van der Waals surface area contributed by atoms with E-state index < -0.39 is 6.10 Å². The number of rotatable bonds is 66. The van der Waals surface area contributed by atoms with Crippen molar-refractivity contribution >= 4 is 17.9 Å². The minimum atomic E-state index is -0.769. The van der Waals surface area contributed by atoms with E-state index in [1.807, 2.05) is 0 Å². The highest BCUT2D eigenvalue weighted by atomic mass is 16.6. The molecule has 1 atom stereocenters. The topological polar surface area (TPSA) is 78.9 Å². The Morgan fingerprint density at radius 2 is 0.423 bits per heavy atom. The fraction of sp³-hybridized carbons (Fsp3) is 0.903. The van der Waals surface area contributed by atoms with Crippen LogP contribution in [-0.2, 0) is 28.6 Å². The summed E-state index contributed by atoms with van der Waals surface area (Å²) in [7, 11) is 0. The van der Waals surface area contributed by atoms with Gasteiger partial charge in [0.1, 0.15) is 13.2 Å². The molecule has 0 saturated carbocycles. The van der Waals surface area contributed by atoms with Crippen LogP contribution < -0.4 is 0 Å². The molecule has 0 bridgehead atoms. The van der Waals surface area contributed by atoms with Gasteiger partial charge in [0.05, 0.1) is 0 Å². The first-order valence-electron chi connectivity index (χ1n) is 35.3. The lowest BCUT2D eigenvalue weighted by atomic mass is 10.0. The predicted octanol–water partition coefficient (Wildman–Crippen LogP) is 24.2. The van der Waals surface area contributed by atoms with Crippen molar-refractivity contribution in [1.29, 1.82) is 0 Å². The normalized spacial score (nSPS) is 12.1. The van der Waals surface area contributed by atoms with E-state index in [1.165, 1.54) is 302 Å². The molecule has 6 nitrogen and oxygen atoms in total. The highest BCUT2D eigenvalue weighted by Crippen LogP contribution is 2.18. The summed E-state index contributed by atoms with van der Waals surface area (Å²) in [5.41, 5.74) is 0. The van der Waals surface area contributed by atoms with Crippen LogP contribution in [0, 0.1) is 0 Å². The van der Waals surface area contributed by atoms with E-state index in [-0.39, 0.29) is 31.1 Å². The van der Waals surface area contributed by atoms with Crippen molar-refractivity contribution in [2.75, 3.05) is 13.2 Å². The monoisotopic (exact) mass is 1100 g/mol. The number of hydrogen-bond donors (Lipinski definition) is 0. The van der Waals surface area contributed by atoms with Gasteiger partial charge in [-0.25, -0.2) is 0 Å². The molecule has 0 heterocycles. The zero-order valence-corrected chi connectivity index (χ0v) is 53.0. The van der Waals surface area contributed by atoms with Gasteiger partial charge < -0.3 is 14.2 Å². The molecule has 460 valence electrons. The smallest absolute Gasteiger partial charge is 0.306 e. The van der Waals surface area contributed by atoms with Gasteiger partial charge in [-0.1, -0.05) is 334 Å². The van der Waals surface area contributed by atoms with Crippen molar-refractivity contribution in [3.8, 4) is 0 Å². The van der Waals surface area contributed by atoms with E-state index in [9.17, 15) is 14.4 Å². The van der Waals surface area contributed by atoms with Gasteiger partial charge in [0.15, 0.2) is 6.10 Å². The number of unbranched alkanes of at least 4 members (excludes halogenated alkanes) is 51. The molecule has 0 aromatic rings. The molecular weight excluding hydrogens is 961 g/mol. The molecule has 0 aliphatic carbocycles. The molecule has 0 radical (unpaired) electrons. The average Bonchev–Trinajstić information content (AvgIpc) is 3.44. The van der Waals surface area contributed by atoms with Crippen LogP contribution in [0.2, 0.25) is 0 Å². The lowest BCUT2D eigenvalue weighted by molar-refractivity contribution is -0.167. The average molecular weight is 1100 g/mol. The summed E-state index contributed by atoms with van der Waals surface area (Å²) in [4.78, 5) is 38.3. The van der Waals surface area contributed by atoms with Crippen LogP contribution in [0.1, 0.15) is 400 Å². The third kappa shape index (κ3) is 64.7. The summed E-state index contributed by atoms with van der Waals surface area (Å²) < 4.78 is 16.9. The van der Waals surface area contributed by atoms with Crippen LogP contribution in [0.4, 0.5) is 0 Å². The van der Waals surface area contributed by atoms with E-state index in [1.54, 1.807) is 0 Å². The van der Waals surface area contributed by atoms with Crippen molar-refractivity contribution in [1.82, 2.24) is 0 Å². The van der Waals surface area contributed by atoms with Gasteiger partial charge in [-0.15, -0.1) is 0 Å². The number of carbonyl (C=O) groups is 3. The van der Waals surface area contributed by atoms with Gasteiger partial charge in [-0.3, -0.25) is 14.4 Å². The summed E-state index contributed by atoms with van der Waals surface area (Å²) in [6.45, 7) is 6.69. The molecule has 0 aliphatic heterocycles. The van der Waals surface area contributed by atoms with E-state index in [4.69, 9.17) is 14.2 Å². The molecule has 0 saturated heterocycles. The van der Waals surface area contributed by atoms with Gasteiger partial charge in [0, 0.05) is 19.3 Å². The third-order valence-corrected chi connectivity index (χ3v) is 16.2. The van der Waals surface area contributed by atoms with Gasteiger partial charge in [-0.2, -0.15) is 0 Å². The SMILES string of the molecule is CCCCCCCC/C=C\CCCCCCCCCC(=O)OC(COC(=O)CCCCCCCCCCCC)COC(=O)CCCCCCCCCCCCCCCCCCCCCCC/C=C\CCCCCCCCCC. The zero-order chi connectivity index (χ0) is 56.4. The summed E-state index contributed by atoms with van der Waals surface area (Å²) in [6, 6.07) is 0. The number of hydrogen-bond acceptors (Lipinski definition) is 6. The van der Waals surface area contributed by atoms with Crippen molar-refractivity contribution in [3.05, 3.63) is 24.3 Å². The summed E-state index contributed by atoms with van der Waals surface area (Å²) in [5.74, 6) is -0.845. The largest absolute Gasteiger partial charge is 0.462 e. The molecule has 78 heavy (non-hydrogen) atoms. The number of allylic oxidation sites excluding steroid dienone is 4. The van der Waals surface area contributed by atoms with Gasteiger partial charge in [-0.05, 0) is 70.6 Å². The molecule has 0 rings (SSSR count). The van der Waals surface area contributed by atoms with Crippen LogP contribution in [0.5, 0.6) is 0 Å². The Labute approximate surface area is 487 Å². The van der Waals surface area contributed by atoms with Crippen molar-refractivity contribution in [3.63, 3.8) is 0 Å². The second-order valence-corrected chi connectivity index (χ2v) is 24.1. The molecular formula is C72H136O6. The molecule has 6 heteroatoms. The molecule has 0 amide bonds. The predicted molar refractivity (Wildman–Crippen MR) is 340 cm³/mol. The fourth-order valence-electron chi connectivity index (χ4n) is 10.8. The fourth-order valence-corrected chi connectivity index (χ4v) is 10.8. The molecule has 0 N–H and O–H groups in total. The third-order valence-electron chi connectivity index (χ3n) is 16.2. The van der Waals surface area contributed by atoms with Crippen LogP contribution in [0.15, 0.2) is 24.3 Å². The summed E-state index contributed by atoms with van der Waals surface area (Å²) in [5, 5.41) is 0. The zero-order valence-electron chi connectivity index (χ0n) is 53.0. The Balaban J connectivity index is 4.03. The Bertz CT molecular complexity index is 1260. The standard InChI is InChI=1S/C72H136O6/c1-4-7-10-13-16-19-22-24-26-28-29-30-31-32-33-34-35-36-37-38-39-40-41-42-43-45-46-48-50-53-56-59-62-65-71(74)77-68-69(67-76-70(73)64-61-58-55-52-21-18-15-12-9-6-3)78-72(75)66-63-60-57-54-51-49-47-44-27-25-23-20-17-14-11-8-5-2/h25,27-29,69H,4-24,26,30-68H2,1-3H3/b27-25-,29-28-. The molecule has 0 fully saturated rings. The number of carbonyl (C=O) groups excluding carboxylic acids is 3. The lowest BCUT2D eigenvalue weighted by Crippen LogP contribution is -2.30. The maximum atomic E-state index is 12.9. The summed E-state index contributed by atoms with van der Waals surface area (Å²) in [6.07, 6.45) is 82.3. The molecule has 1 unspecified atom stereocenters. The number of ether oxygens (including phenoxy) is 3. The molecule has 0 spiro atoms. The van der Waals surface area contributed by atoms with Crippen molar-refractivity contribution < 1.29 is 28.6 Å². The van der Waals surface area contributed by atoms with Crippen LogP contribution in [0.3, 0.4) is 0 Å². The Morgan fingerprint density at radius 3 is 0.641 bits per heavy atom. The summed E-state index contributed by atoms with van der Waals surface area (Å²) >= 11 is 0. The Morgan fingerprint density at radius 1 is 0.244 bits per heavy atom. The van der Waals surface area contributed by atoms with Crippen LogP contribution >= 0.6 is 0 Å². The van der Waals surface area contributed by atoms with E-state index >= 15 is 0 Å². The van der Waals surface area contributed by atoms with Gasteiger partial charge in [0.2, 0.25) is 0 Å². The molecule has 0 aromatic carbocycles. The number of esters is 3. The maximum absolute atomic E-state index is 12.9. The minimum Gasteiger partial charge on any atom is -0.462 e. The van der Waals surface area contributed by atoms with Gasteiger partial charge >= 0.3 is 17.9 Å². The van der Waals surface area contributed by atoms with Crippen molar-refractivity contribution in [2.45, 2.75) is 406 Å². The Hall–Kier alpha value is -2.11. The first kappa shape index (κ1) is 75.9. The van der Waals surface area contributed by atoms with Gasteiger partial charge in [0.25, 0.3) is 0 Å². The molecule has 0 aromatic heterocycles. The highest BCUT2D eigenvalue weighted by Gasteiger charge is 2.19.